The molecule has 0 bridgehead atoms. The van der Waals surface area contributed by atoms with Crippen LogP contribution in [-0.2, 0) is 6.54 Å². The molecule has 4 nitrogen and oxygen atoms in total. The van der Waals surface area contributed by atoms with Gasteiger partial charge in [-0.15, -0.1) is 0 Å². The second-order valence-corrected chi connectivity index (χ2v) is 5.29. The van der Waals surface area contributed by atoms with Crippen LogP contribution in [0.25, 0.3) is 5.65 Å². The lowest BCUT2D eigenvalue weighted by molar-refractivity contribution is 0.0787. The van der Waals surface area contributed by atoms with Gasteiger partial charge in [-0.3, -0.25) is 4.90 Å². The number of aliphatic hydroxyl groups is 1. The predicted octanol–water partition coefficient (Wildman–Crippen LogP) is 1.94. The van der Waals surface area contributed by atoms with Gasteiger partial charge in [0.1, 0.15) is 5.65 Å². The first-order valence-corrected chi connectivity index (χ1v) is 6.62. The number of piperidine rings is 1. The topological polar surface area (TPSA) is 40.8 Å². The summed E-state index contributed by atoms with van der Waals surface area (Å²) in [5.41, 5.74) is 1.97. The summed E-state index contributed by atoms with van der Waals surface area (Å²) in [6, 6.07) is 3.77. The average Bonchev–Trinajstić information content (AvgIpc) is 2.73. The Kier molecular flexibility index (Phi) is 3.24. The smallest absolute Gasteiger partial charge is 0.137 e. The van der Waals surface area contributed by atoms with E-state index in [0.29, 0.717) is 5.02 Å². The van der Waals surface area contributed by atoms with Gasteiger partial charge in [0.25, 0.3) is 0 Å². The summed E-state index contributed by atoms with van der Waals surface area (Å²) < 4.78 is 1.95. The molecular formula is C13H16ClN3O. The van der Waals surface area contributed by atoms with Crippen molar-refractivity contribution in [2.75, 3.05) is 13.1 Å². The molecule has 2 aromatic heterocycles. The van der Waals surface area contributed by atoms with Gasteiger partial charge < -0.3 is 9.51 Å². The van der Waals surface area contributed by atoms with E-state index in [0.717, 1.165) is 43.8 Å². The summed E-state index contributed by atoms with van der Waals surface area (Å²) in [6.45, 7) is 2.72. The minimum Gasteiger partial charge on any atom is -0.393 e. The van der Waals surface area contributed by atoms with Crippen molar-refractivity contribution in [3.05, 3.63) is 35.2 Å². The third-order valence-corrected chi connectivity index (χ3v) is 3.63. The van der Waals surface area contributed by atoms with Crippen LogP contribution in [0.1, 0.15) is 18.5 Å². The number of aliphatic hydroxyl groups excluding tert-OH is 1. The lowest BCUT2D eigenvalue weighted by Gasteiger charge is -2.28. The van der Waals surface area contributed by atoms with Crippen LogP contribution in [0.15, 0.2) is 24.5 Å². The molecule has 0 amide bonds. The van der Waals surface area contributed by atoms with E-state index in [2.05, 4.69) is 9.88 Å². The fourth-order valence-corrected chi connectivity index (χ4v) is 2.57. The molecule has 2 aromatic rings. The number of nitrogens with zero attached hydrogens (tertiary/aromatic N) is 3. The molecule has 0 unspecified atom stereocenters. The van der Waals surface area contributed by atoms with Crippen LogP contribution in [0.5, 0.6) is 0 Å². The lowest BCUT2D eigenvalue weighted by Crippen LogP contribution is -2.35. The fraction of sp³-hybridized carbons (Fsp3) is 0.462. The fourth-order valence-electron chi connectivity index (χ4n) is 2.40. The van der Waals surface area contributed by atoms with Gasteiger partial charge in [-0.2, -0.15) is 0 Å². The van der Waals surface area contributed by atoms with E-state index in [9.17, 15) is 5.11 Å². The van der Waals surface area contributed by atoms with Gasteiger partial charge >= 0.3 is 0 Å². The lowest BCUT2D eigenvalue weighted by atomic mass is 10.1. The van der Waals surface area contributed by atoms with Crippen LogP contribution in [0.2, 0.25) is 5.02 Å². The molecule has 1 saturated heterocycles. The van der Waals surface area contributed by atoms with E-state index >= 15 is 0 Å². The molecule has 1 fully saturated rings. The maximum atomic E-state index is 9.48. The molecule has 5 heteroatoms. The van der Waals surface area contributed by atoms with Crippen molar-refractivity contribution >= 4 is 17.2 Å². The van der Waals surface area contributed by atoms with Crippen molar-refractivity contribution in [2.45, 2.75) is 25.5 Å². The first kappa shape index (κ1) is 12.0. The highest BCUT2D eigenvalue weighted by molar-refractivity contribution is 6.30. The standard InChI is InChI=1S/C13H16ClN3O/c14-10-1-2-13-15-11(9-17(13)7-10)8-16-5-3-12(18)4-6-16/h1-2,7,9,12,18H,3-6,8H2. The summed E-state index contributed by atoms with van der Waals surface area (Å²) >= 11 is 5.95. The molecule has 0 atom stereocenters. The maximum absolute atomic E-state index is 9.48. The first-order valence-electron chi connectivity index (χ1n) is 6.24. The molecule has 0 aromatic carbocycles. The zero-order valence-corrected chi connectivity index (χ0v) is 10.8. The molecular weight excluding hydrogens is 250 g/mol. The van der Waals surface area contributed by atoms with E-state index in [1.165, 1.54) is 0 Å². The summed E-state index contributed by atoms with van der Waals surface area (Å²) in [5.74, 6) is 0. The highest BCUT2D eigenvalue weighted by atomic mass is 35.5. The molecule has 0 spiro atoms. The number of imidazole rings is 1. The van der Waals surface area contributed by atoms with Crippen molar-refractivity contribution < 1.29 is 5.11 Å². The minimum absolute atomic E-state index is 0.124. The highest BCUT2D eigenvalue weighted by Crippen LogP contribution is 2.15. The van der Waals surface area contributed by atoms with Crippen LogP contribution in [0, 0.1) is 0 Å². The largest absolute Gasteiger partial charge is 0.393 e. The third-order valence-electron chi connectivity index (χ3n) is 3.41. The number of aromatic nitrogens is 2. The van der Waals surface area contributed by atoms with E-state index in [-0.39, 0.29) is 6.10 Å². The summed E-state index contributed by atoms with van der Waals surface area (Å²) in [6.07, 6.45) is 5.49. The van der Waals surface area contributed by atoms with Gasteiger partial charge in [0, 0.05) is 32.0 Å². The van der Waals surface area contributed by atoms with Crippen LogP contribution in [0.4, 0.5) is 0 Å². The summed E-state index contributed by atoms with van der Waals surface area (Å²) in [5, 5.41) is 10.2. The van der Waals surface area contributed by atoms with Crippen LogP contribution < -0.4 is 0 Å². The summed E-state index contributed by atoms with van der Waals surface area (Å²) in [4.78, 5) is 6.90. The Morgan fingerprint density at radius 3 is 2.83 bits per heavy atom. The Morgan fingerprint density at radius 1 is 1.28 bits per heavy atom. The first-order chi connectivity index (χ1) is 8.70. The van der Waals surface area contributed by atoms with Crippen LogP contribution in [-0.4, -0.2) is 38.6 Å². The van der Waals surface area contributed by atoms with E-state index in [4.69, 9.17) is 11.6 Å². The maximum Gasteiger partial charge on any atom is 0.137 e. The van der Waals surface area contributed by atoms with Gasteiger partial charge in [0.2, 0.25) is 0 Å². The van der Waals surface area contributed by atoms with Crippen molar-refractivity contribution in [3.63, 3.8) is 0 Å². The quantitative estimate of drug-likeness (QED) is 0.902. The van der Waals surface area contributed by atoms with Gasteiger partial charge in [-0.05, 0) is 25.0 Å². The van der Waals surface area contributed by atoms with Crippen LogP contribution >= 0.6 is 11.6 Å². The average molecular weight is 266 g/mol. The minimum atomic E-state index is -0.124. The van der Waals surface area contributed by atoms with Crippen molar-refractivity contribution in [1.82, 2.24) is 14.3 Å². The number of fused-ring (bicyclic) bond motifs is 1. The van der Waals surface area contributed by atoms with Crippen molar-refractivity contribution in [1.29, 1.82) is 0 Å². The number of hydrogen-bond acceptors (Lipinski definition) is 3. The van der Waals surface area contributed by atoms with Gasteiger partial charge in [-0.1, -0.05) is 11.6 Å². The Bertz CT molecular complexity index is 546. The third kappa shape index (κ3) is 2.51. The molecule has 0 radical (unpaired) electrons. The molecule has 1 N–H and O–H groups in total. The Labute approximate surface area is 111 Å². The molecule has 3 rings (SSSR count). The number of hydrogen-bond donors (Lipinski definition) is 1. The van der Waals surface area contributed by atoms with E-state index in [1.54, 1.807) is 0 Å². The normalized spacial score (nSPS) is 18.6. The van der Waals surface area contributed by atoms with Gasteiger partial charge in [0.15, 0.2) is 0 Å². The Hall–Kier alpha value is -1.10. The van der Waals surface area contributed by atoms with Gasteiger partial charge in [0.05, 0.1) is 16.8 Å². The number of pyridine rings is 1. The van der Waals surface area contributed by atoms with Crippen molar-refractivity contribution in [3.8, 4) is 0 Å². The molecule has 18 heavy (non-hydrogen) atoms. The molecule has 96 valence electrons. The second-order valence-electron chi connectivity index (χ2n) is 4.85. The molecule has 0 saturated carbocycles. The molecule has 3 heterocycles. The number of halogens is 1. The van der Waals surface area contributed by atoms with Crippen LogP contribution in [0.3, 0.4) is 0 Å². The Balaban J connectivity index is 1.74. The van der Waals surface area contributed by atoms with E-state index in [1.807, 2.05) is 28.9 Å². The Morgan fingerprint density at radius 2 is 2.06 bits per heavy atom. The zero-order chi connectivity index (χ0) is 12.5. The van der Waals surface area contributed by atoms with Gasteiger partial charge in [-0.25, -0.2) is 4.98 Å². The number of likely N-dealkylation sites (tertiary alicyclic amines) is 1. The SMILES string of the molecule is OC1CCN(Cc2cn3cc(Cl)ccc3n2)CC1. The molecule has 1 aliphatic heterocycles. The summed E-state index contributed by atoms with van der Waals surface area (Å²) in [7, 11) is 0. The van der Waals surface area contributed by atoms with E-state index < -0.39 is 0 Å². The predicted molar refractivity (Wildman–Crippen MR) is 70.7 cm³/mol. The monoisotopic (exact) mass is 265 g/mol. The molecule has 0 aliphatic carbocycles. The molecule has 1 aliphatic rings. The second kappa shape index (κ2) is 4.88. The zero-order valence-electron chi connectivity index (χ0n) is 10.1. The number of rotatable bonds is 2. The highest BCUT2D eigenvalue weighted by Gasteiger charge is 2.17. The van der Waals surface area contributed by atoms with Crippen molar-refractivity contribution in [2.24, 2.45) is 0 Å².